The molecule has 1 heterocycles. The standard InChI is InChI=1S/C13H13ClN2O5/c14-8-3-1-7(2-4-8)11(17)16-6-5-15-9(12(18)19)10(16)13(20)21/h1-4,9-10,15H,5-6H2,(H,18,19)(H,20,21)/t9-,10+/m1/s1. The molecule has 2 rings (SSSR count). The van der Waals surface area contributed by atoms with Crippen LogP contribution in [0.25, 0.3) is 0 Å². The number of hydrogen-bond donors (Lipinski definition) is 3. The van der Waals surface area contributed by atoms with E-state index in [1.165, 1.54) is 24.3 Å². The van der Waals surface area contributed by atoms with E-state index >= 15 is 0 Å². The van der Waals surface area contributed by atoms with Crippen molar-refractivity contribution >= 4 is 29.4 Å². The summed E-state index contributed by atoms with van der Waals surface area (Å²) in [6.45, 7) is 0.322. The van der Waals surface area contributed by atoms with Crippen molar-refractivity contribution in [2.75, 3.05) is 13.1 Å². The van der Waals surface area contributed by atoms with Crippen LogP contribution in [0.1, 0.15) is 10.4 Å². The first kappa shape index (κ1) is 15.3. The van der Waals surface area contributed by atoms with Gasteiger partial charge in [0.25, 0.3) is 5.91 Å². The number of carboxylic acid groups (broad SMARTS) is 2. The third-order valence-corrected chi connectivity index (χ3v) is 3.49. The Morgan fingerprint density at radius 1 is 1.14 bits per heavy atom. The van der Waals surface area contributed by atoms with E-state index in [1.54, 1.807) is 0 Å². The SMILES string of the molecule is O=C(O)[C@@H]1[C@H](C(=O)O)NCCN1C(=O)c1ccc(Cl)cc1. The van der Waals surface area contributed by atoms with Gasteiger partial charge in [-0.3, -0.25) is 9.59 Å². The van der Waals surface area contributed by atoms with Crippen LogP contribution in [-0.2, 0) is 9.59 Å². The molecule has 3 N–H and O–H groups in total. The highest BCUT2D eigenvalue weighted by atomic mass is 35.5. The zero-order valence-corrected chi connectivity index (χ0v) is 11.6. The molecule has 7 nitrogen and oxygen atoms in total. The lowest BCUT2D eigenvalue weighted by atomic mass is 10.0. The average Bonchev–Trinajstić information content (AvgIpc) is 2.46. The summed E-state index contributed by atoms with van der Waals surface area (Å²) in [7, 11) is 0. The number of aliphatic carboxylic acids is 2. The number of nitrogens with zero attached hydrogens (tertiary/aromatic N) is 1. The van der Waals surface area contributed by atoms with Crippen LogP contribution in [0.2, 0.25) is 5.02 Å². The minimum atomic E-state index is -1.46. The predicted octanol–water partition coefficient (Wildman–Crippen LogP) is 0.292. The molecular weight excluding hydrogens is 300 g/mol. The van der Waals surface area contributed by atoms with Gasteiger partial charge < -0.3 is 20.4 Å². The number of amides is 1. The Balaban J connectivity index is 2.31. The summed E-state index contributed by atoms with van der Waals surface area (Å²) in [5.41, 5.74) is 0.261. The molecule has 2 atom stereocenters. The van der Waals surface area contributed by atoms with Crippen molar-refractivity contribution in [2.24, 2.45) is 0 Å². The quantitative estimate of drug-likeness (QED) is 0.740. The molecule has 1 aliphatic rings. The molecule has 0 spiro atoms. The third kappa shape index (κ3) is 3.14. The fraction of sp³-hybridized carbons (Fsp3) is 0.308. The van der Waals surface area contributed by atoms with Crippen LogP contribution in [0.4, 0.5) is 0 Å². The Labute approximate surface area is 125 Å². The zero-order valence-electron chi connectivity index (χ0n) is 10.8. The Morgan fingerprint density at radius 2 is 1.76 bits per heavy atom. The van der Waals surface area contributed by atoms with Crippen molar-refractivity contribution in [3.8, 4) is 0 Å². The molecule has 0 radical (unpaired) electrons. The van der Waals surface area contributed by atoms with Crippen molar-refractivity contribution in [3.05, 3.63) is 34.9 Å². The maximum atomic E-state index is 12.4. The van der Waals surface area contributed by atoms with Crippen LogP contribution >= 0.6 is 11.6 Å². The topological polar surface area (TPSA) is 107 Å². The van der Waals surface area contributed by atoms with E-state index in [2.05, 4.69) is 5.32 Å². The fourth-order valence-corrected chi connectivity index (χ4v) is 2.38. The normalized spacial score (nSPS) is 21.9. The minimum Gasteiger partial charge on any atom is -0.480 e. The lowest BCUT2D eigenvalue weighted by molar-refractivity contribution is -0.152. The molecule has 8 heteroatoms. The highest BCUT2D eigenvalue weighted by Gasteiger charge is 2.43. The number of hydrogen-bond acceptors (Lipinski definition) is 4. The first-order chi connectivity index (χ1) is 9.91. The fourth-order valence-electron chi connectivity index (χ4n) is 2.26. The number of rotatable bonds is 3. The minimum absolute atomic E-state index is 0.113. The molecule has 0 bridgehead atoms. The number of piperazine rings is 1. The second-order valence-electron chi connectivity index (χ2n) is 4.56. The number of carbonyl (C=O) groups is 3. The van der Waals surface area contributed by atoms with E-state index in [0.717, 1.165) is 4.90 Å². The Morgan fingerprint density at radius 3 is 2.29 bits per heavy atom. The first-order valence-corrected chi connectivity index (χ1v) is 6.55. The number of carboxylic acids is 2. The lowest BCUT2D eigenvalue weighted by Gasteiger charge is -2.37. The van der Waals surface area contributed by atoms with E-state index in [9.17, 15) is 19.5 Å². The van der Waals surface area contributed by atoms with E-state index in [4.69, 9.17) is 16.7 Å². The number of nitrogens with one attached hydrogen (secondary N) is 1. The molecule has 0 aromatic heterocycles. The molecule has 0 unspecified atom stereocenters. The summed E-state index contributed by atoms with van der Waals surface area (Å²) < 4.78 is 0. The number of benzene rings is 1. The van der Waals surface area contributed by atoms with Gasteiger partial charge >= 0.3 is 11.9 Å². The van der Waals surface area contributed by atoms with Gasteiger partial charge in [0.15, 0.2) is 6.04 Å². The third-order valence-electron chi connectivity index (χ3n) is 3.24. The van der Waals surface area contributed by atoms with Crippen LogP contribution in [0.3, 0.4) is 0 Å². The molecule has 112 valence electrons. The van der Waals surface area contributed by atoms with Gasteiger partial charge in [-0.1, -0.05) is 11.6 Å². The molecule has 1 aliphatic heterocycles. The summed E-state index contributed by atoms with van der Waals surface area (Å²) in [4.78, 5) is 35.9. The van der Waals surface area contributed by atoms with Crippen molar-refractivity contribution in [1.29, 1.82) is 0 Å². The van der Waals surface area contributed by atoms with Crippen molar-refractivity contribution in [1.82, 2.24) is 10.2 Å². The molecule has 1 aromatic carbocycles. The molecule has 1 fully saturated rings. The predicted molar refractivity (Wildman–Crippen MR) is 73.3 cm³/mol. The van der Waals surface area contributed by atoms with Crippen LogP contribution in [0.5, 0.6) is 0 Å². The molecule has 1 amide bonds. The molecule has 1 saturated heterocycles. The number of carbonyl (C=O) groups excluding carboxylic acids is 1. The van der Waals surface area contributed by atoms with Gasteiger partial charge in [0.05, 0.1) is 0 Å². The second-order valence-corrected chi connectivity index (χ2v) is 4.99. The van der Waals surface area contributed by atoms with Crippen molar-refractivity contribution < 1.29 is 24.6 Å². The van der Waals surface area contributed by atoms with Crippen LogP contribution in [0, 0.1) is 0 Å². The van der Waals surface area contributed by atoms with Crippen LogP contribution in [-0.4, -0.2) is 58.1 Å². The van der Waals surface area contributed by atoms with Crippen LogP contribution < -0.4 is 5.32 Å². The first-order valence-electron chi connectivity index (χ1n) is 6.17. The summed E-state index contributed by atoms with van der Waals surface area (Å²) in [6.07, 6.45) is 0. The molecule has 0 saturated carbocycles. The van der Waals surface area contributed by atoms with E-state index < -0.39 is 29.9 Å². The molecule has 1 aromatic rings. The van der Waals surface area contributed by atoms with Gasteiger partial charge in [-0.2, -0.15) is 0 Å². The van der Waals surface area contributed by atoms with Gasteiger partial charge in [0.2, 0.25) is 0 Å². The average molecular weight is 313 g/mol. The maximum absolute atomic E-state index is 12.4. The van der Waals surface area contributed by atoms with Gasteiger partial charge in [-0.05, 0) is 24.3 Å². The maximum Gasteiger partial charge on any atom is 0.328 e. The van der Waals surface area contributed by atoms with Gasteiger partial charge in [-0.25, -0.2) is 4.79 Å². The van der Waals surface area contributed by atoms with Crippen molar-refractivity contribution in [3.63, 3.8) is 0 Å². The number of halogens is 1. The van der Waals surface area contributed by atoms with Gasteiger partial charge in [0, 0.05) is 23.7 Å². The van der Waals surface area contributed by atoms with E-state index in [0.29, 0.717) is 5.02 Å². The largest absolute Gasteiger partial charge is 0.480 e. The Hall–Kier alpha value is -2.12. The summed E-state index contributed by atoms with van der Waals surface area (Å²) in [5, 5.41) is 21.4. The summed E-state index contributed by atoms with van der Waals surface area (Å²) in [6, 6.07) is 3.18. The van der Waals surface area contributed by atoms with Gasteiger partial charge in [-0.15, -0.1) is 0 Å². The van der Waals surface area contributed by atoms with Gasteiger partial charge in [0.1, 0.15) is 6.04 Å². The highest BCUT2D eigenvalue weighted by Crippen LogP contribution is 2.17. The Bertz CT molecular complexity index is 574. The lowest BCUT2D eigenvalue weighted by Crippen LogP contribution is -2.65. The van der Waals surface area contributed by atoms with E-state index in [1.807, 2.05) is 0 Å². The zero-order chi connectivity index (χ0) is 15.6. The smallest absolute Gasteiger partial charge is 0.328 e. The highest BCUT2D eigenvalue weighted by molar-refractivity contribution is 6.30. The summed E-state index contributed by atoms with van der Waals surface area (Å²) in [5.74, 6) is -3.21. The van der Waals surface area contributed by atoms with Crippen molar-refractivity contribution in [2.45, 2.75) is 12.1 Å². The van der Waals surface area contributed by atoms with E-state index in [-0.39, 0.29) is 18.7 Å². The second kappa shape index (κ2) is 6.11. The molecule has 21 heavy (non-hydrogen) atoms. The molecular formula is C13H13ClN2O5. The summed E-state index contributed by atoms with van der Waals surface area (Å²) >= 11 is 5.74. The Kier molecular flexibility index (Phi) is 4.44. The molecule has 0 aliphatic carbocycles. The monoisotopic (exact) mass is 312 g/mol. The van der Waals surface area contributed by atoms with Crippen LogP contribution in [0.15, 0.2) is 24.3 Å².